The lowest BCUT2D eigenvalue weighted by Crippen LogP contribution is -2.42. The van der Waals surface area contributed by atoms with E-state index in [0.29, 0.717) is 32.6 Å². The molecule has 0 aliphatic carbocycles. The van der Waals surface area contributed by atoms with Crippen molar-refractivity contribution in [3.8, 4) is 0 Å². The van der Waals surface area contributed by atoms with Crippen LogP contribution in [-0.2, 0) is 22.4 Å². The first kappa shape index (κ1) is 20.0. The molecule has 3 rings (SSSR count). The molecule has 0 bridgehead atoms. The van der Waals surface area contributed by atoms with Crippen molar-refractivity contribution < 1.29 is 14.0 Å². The van der Waals surface area contributed by atoms with Crippen LogP contribution in [0, 0.1) is 17.7 Å². The minimum atomic E-state index is -0.370. The standard InChI is InChI=1S/C22H26FN3O2/c23-18-8-6-17(7-9-18)11-13-26-22(28)20-15-24-14-19(20)21(27)25-12-10-16-4-2-1-3-5-16/h1-9,19-20,24H,10-15H2,(H,25,27)(H,26,28)/t19?,20-/m1/s1. The van der Waals surface area contributed by atoms with Gasteiger partial charge in [-0.2, -0.15) is 0 Å². The molecule has 1 aliphatic rings. The zero-order valence-electron chi connectivity index (χ0n) is 15.8. The summed E-state index contributed by atoms with van der Waals surface area (Å²) >= 11 is 0. The van der Waals surface area contributed by atoms with Gasteiger partial charge in [-0.15, -0.1) is 0 Å². The SMILES string of the molecule is O=C(NCCc1ccccc1)C1CNC[C@H]1C(=O)NCCc1ccc(F)cc1. The van der Waals surface area contributed by atoms with E-state index in [1.807, 2.05) is 30.3 Å². The number of benzene rings is 2. The fraction of sp³-hybridized carbons (Fsp3) is 0.364. The molecule has 2 amide bonds. The Bertz CT molecular complexity index is 780. The van der Waals surface area contributed by atoms with Crippen LogP contribution in [0.2, 0.25) is 0 Å². The minimum Gasteiger partial charge on any atom is -0.355 e. The predicted molar refractivity (Wildman–Crippen MR) is 106 cm³/mol. The van der Waals surface area contributed by atoms with Gasteiger partial charge in [-0.05, 0) is 36.1 Å². The molecule has 6 heteroatoms. The molecule has 28 heavy (non-hydrogen) atoms. The molecule has 2 aromatic carbocycles. The predicted octanol–water partition coefficient (Wildman–Crippen LogP) is 1.68. The summed E-state index contributed by atoms with van der Waals surface area (Å²) in [6.07, 6.45) is 1.39. The second-order valence-corrected chi connectivity index (χ2v) is 7.07. The third kappa shape index (κ3) is 5.63. The maximum absolute atomic E-state index is 12.9. The van der Waals surface area contributed by atoms with E-state index in [9.17, 15) is 14.0 Å². The fourth-order valence-corrected chi connectivity index (χ4v) is 3.45. The van der Waals surface area contributed by atoms with Crippen LogP contribution in [0.1, 0.15) is 11.1 Å². The lowest BCUT2D eigenvalue weighted by molar-refractivity contribution is -0.132. The van der Waals surface area contributed by atoms with Crippen LogP contribution in [-0.4, -0.2) is 38.0 Å². The molecule has 1 unspecified atom stereocenters. The number of amides is 2. The first-order chi connectivity index (χ1) is 13.6. The van der Waals surface area contributed by atoms with Crippen molar-refractivity contribution in [3.63, 3.8) is 0 Å². The number of carbonyl (C=O) groups is 2. The fourth-order valence-electron chi connectivity index (χ4n) is 3.45. The third-order valence-electron chi connectivity index (χ3n) is 5.07. The quantitative estimate of drug-likeness (QED) is 0.650. The number of halogens is 1. The van der Waals surface area contributed by atoms with Crippen LogP contribution in [0.5, 0.6) is 0 Å². The maximum Gasteiger partial charge on any atom is 0.225 e. The number of rotatable bonds is 8. The van der Waals surface area contributed by atoms with Crippen LogP contribution < -0.4 is 16.0 Å². The van der Waals surface area contributed by atoms with Crippen LogP contribution in [0.15, 0.2) is 54.6 Å². The van der Waals surface area contributed by atoms with Crippen molar-refractivity contribution in [1.82, 2.24) is 16.0 Å². The largest absolute Gasteiger partial charge is 0.355 e. The van der Waals surface area contributed by atoms with Gasteiger partial charge in [-0.3, -0.25) is 9.59 Å². The Morgan fingerprint density at radius 2 is 1.32 bits per heavy atom. The highest BCUT2D eigenvalue weighted by Crippen LogP contribution is 2.17. The highest BCUT2D eigenvalue weighted by Gasteiger charge is 2.37. The summed E-state index contributed by atoms with van der Waals surface area (Å²) in [5.74, 6) is -1.20. The molecule has 1 aliphatic heterocycles. The molecule has 5 nitrogen and oxygen atoms in total. The summed E-state index contributed by atoms with van der Waals surface area (Å²) in [6.45, 7) is 2.02. The Hall–Kier alpha value is -2.73. The Morgan fingerprint density at radius 3 is 1.86 bits per heavy atom. The summed E-state index contributed by atoms with van der Waals surface area (Å²) in [6, 6.07) is 16.2. The summed E-state index contributed by atoms with van der Waals surface area (Å²) < 4.78 is 12.9. The number of hydrogen-bond acceptors (Lipinski definition) is 3. The molecule has 1 heterocycles. The van der Waals surface area contributed by atoms with Crippen molar-refractivity contribution in [2.24, 2.45) is 11.8 Å². The summed E-state index contributed by atoms with van der Waals surface area (Å²) in [4.78, 5) is 25.0. The molecule has 0 saturated carbocycles. The van der Waals surface area contributed by atoms with Gasteiger partial charge in [0.15, 0.2) is 0 Å². The van der Waals surface area contributed by atoms with Crippen molar-refractivity contribution in [3.05, 3.63) is 71.5 Å². The summed E-state index contributed by atoms with van der Waals surface area (Å²) in [5.41, 5.74) is 2.13. The Balaban J connectivity index is 1.42. The van der Waals surface area contributed by atoms with E-state index in [4.69, 9.17) is 0 Å². The van der Waals surface area contributed by atoms with E-state index in [2.05, 4.69) is 16.0 Å². The van der Waals surface area contributed by atoms with E-state index in [1.54, 1.807) is 12.1 Å². The van der Waals surface area contributed by atoms with Gasteiger partial charge in [-0.1, -0.05) is 42.5 Å². The van der Waals surface area contributed by atoms with E-state index in [0.717, 1.165) is 12.0 Å². The van der Waals surface area contributed by atoms with Crippen LogP contribution in [0.25, 0.3) is 0 Å². The van der Waals surface area contributed by atoms with Gasteiger partial charge in [0.1, 0.15) is 5.82 Å². The van der Waals surface area contributed by atoms with Crippen LogP contribution >= 0.6 is 0 Å². The number of carbonyl (C=O) groups excluding carboxylic acids is 2. The van der Waals surface area contributed by atoms with Gasteiger partial charge < -0.3 is 16.0 Å². The lowest BCUT2D eigenvalue weighted by atomic mass is 9.94. The third-order valence-corrected chi connectivity index (χ3v) is 5.07. The second-order valence-electron chi connectivity index (χ2n) is 7.07. The van der Waals surface area contributed by atoms with Gasteiger partial charge in [0.25, 0.3) is 0 Å². The number of nitrogens with one attached hydrogen (secondary N) is 3. The van der Waals surface area contributed by atoms with Crippen molar-refractivity contribution >= 4 is 11.8 Å². The average Bonchev–Trinajstić information content (AvgIpc) is 3.20. The topological polar surface area (TPSA) is 70.2 Å². The van der Waals surface area contributed by atoms with E-state index in [-0.39, 0.29) is 29.5 Å². The van der Waals surface area contributed by atoms with E-state index >= 15 is 0 Å². The van der Waals surface area contributed by atoms with Gasteiger partial charge >= 0.3 is 0 Å². The monoisotopic (exact) mass is 383 g/mol. The molecule has 0 aromatic heterocycles. The summed E-state index contributed by atoms with van der Waals surface area (Å²) in [7, 11) is 0. The lowest BCUT2D eigenvalue weighted by Gasteiger charge is -2.18. The van der Waals surface area contributed by atoms with Gasteiger partial charge in [0.2, 0.25) is 11.8 Å². The van der Waals surface area contributed by atoms with Crippen LogP contribution in [0.4, 0.5) is 4.39 Å². The maximum atomic E-state index is 12.9. The molecule has 1 fully saturated rings. The first-order valence-corrected chi connectivity index (χ1v) is 9.68. The van der Waals surface area contributed by atoms with Crippen molar-refractivity contribution in [1.29, 1.82) is 0 Å². The van der Waals surface area contributed by atoms with Gasteiger partial charge in [0, 0.05) is 26.2 Å². The smallest absolute Gasteiger partial charge is 0.225 e. The van der Waals surface area contributed by atoms with Crippen molar-refractivity contribution in [2.45, 2.75) is 12.8 Å². The molecular weight excluding hydrogens is 357 g/mol. The minimum absolute atomic E-state index is 0.0837. The molecule has 0 spiro atoms. The zero-order valence-corrected chi connectivity index (χ0v) is 15.8. The van der Waals surface area contributed by atoms with Gasteiger partial charge in [-0.25, -0.2) is 4.39 Å². The summed E-state index contributed by atoms with van der Waals surface area (Å²) in [5, 5.41) is 9.00. The molecule has 3 N–H and O–H groups in total. The van der Waals surface area contributed by atoms with E-state index < -0.39 is 0 Å². The molecule has 1 saturated heterocycles. The Morgan fingerprint density at radius 1 is 0.821 bits per heavy atom. The van der Waals surface area contributed by atoms with Crippen molar-refractivity contribution in [2.75, 3.05) is 26.2 Å². The zero-order chi connectivity index (χ0) is 19.8. The normalized spacial score (nSPS) is 18.6. The average molecular weight is 383 g/mol. The Kier molecular flexibility index (Phi) is 7.14. The highest BCUT2D eigenvalue weighted by atomic mass is 19.1. The number of hydrogen-bond donors (Lipinski definition) is 3. The molecule has 2 aromatic rings. The molecular formula is C22H26FN3O2. The van der Waals surface area contributed by atoms with E-state index in [1.165, 1.54) is 17.7 Å². The second kappa shape index (κ2) is 9.99. The first-order valence-electron chi connectivity index (χ1n) is 9.68. The Labute approximate surface area is 164 Å². The molecule has 148 valence electrons. The molecule has 0 radical (unpaired) electrons. The molecule has 2 atom stereocenters. The van der Waals surface area contributed by atoms with Gasteiger partial charge in [0.05, 0.1) is 11.8 Å². The highest BCUT2D eigenvalue weighted by molar-refractivity contribution is 5.88. The van der Waals surface area contributed by atoms with Crippen LogP contribution in [0.3, 0.4) is 0 Å².